The Hall–Kier alpha value is -0.770. The highest BCUT2D eigenvalue weighted by Crippen LogP contribution is 2.06. The highest BCUT2D eigenvalue weighted by atomic mass is 32.1. The Morgan fingerprint density at radius 3 is 3.00 bits per heavy atom. The molecule has 0 aliphatic carbocycles. The molecule has 1 rings (SSSR count). The molecule has 0 aliphatic heterocycles. The Balaban J connectivity index is 2.73. The third kappa shape index (κ3) is 2.88. The van der Waals surface area contributed by atoms with Crippen LogP contribution in [0, 0.1) is 5.92 Å². The fourth-order valence-electron chi connectivity index (χ4n) is 1.12. The van der Waals surface area contributed by atoms with E-state index in [1.807, 2.05) is 0 Å². The van der Waals surface area contributed by atoms with E-state index >= 15 is 0 Å². The maximum Gasteiger partial charge on any atom is 0.347 e. The number of hydrogen-bond donors (Lipinski definition) is 1. The fraction of sp³-hybridized carbons (Fsp3) is 0.556. The summed E-state index contributed by atoms with van der Waals surface area (Å²) in [5.74, 6) is 1.25. The van der Waals surface area contributed by atoms with Gasteiger partial charge in [0.25, 0.3) is 0 Å². The maximum absolute atomic E-state index is 11.2. The van der Waals surface area contributed by atoms with Gasteiger partial charge in [-0.2, -0.15) is 12.6 Å². The van der Waals surface area contributed by atoms with E-state index in [9.17, 15) is 4.79 Å². The van der Waals surface area contributed by atoms with E-state index in [2.05, 4.69) is 24.5 Å². The van der Waals surface area contributed by atoms with E-state index < -0.39 is 0 Å². The van der Waals surface area contributed by atoms with Gasteiger partial charge >= 0.3 is 5.69 Å². The first-order valence-electron chi connectivity index (χ1n) is 4.40. The summed E-state index contributed by atoms with van der Waals surface area (Å²) < 4.78 is 1.63. The number of hydrogen-bond acceptors (Lipinski definition) is 3. The Bertz CT molecular complexity index is 306. The van der Waals surface area contributed by atoms with Crippen molar-refractivity contribution in [2.75, 3.05) is 5.75 Å². The molecule has 4 heteroatoms. The largest absolute Gasteiger partial charge is 0.347 e. The minimum absolute atomic E-state index is 0.178. The molecule has 0 spiro atoms. The molecule has 0 bridgehead atoms. The van der Waals surface area contributed by atoms with Crippen molar-refractivity contribution in [2.45, 2.75) is 19.9 Å². The number of aromatic nitrogens is 2. The maximum atomic E-state index is 11.2. The van der Waals surface area contributed by atoms with Crippen LogP contribution in [0.5, 0.6) is 0 Å². The summed E-state index contributed by atoms with van der Waals surface area (Å²) in [4.78, 5) is 14.9. The van der Waals surface area contributed by atoms with Gasteiger partial charge in [-0.25, -0.2) is 9.78 Å². The quantitative estimate of drug-likeness (QED) is 0.738. The Morgan fingerprint density at radius 2 is 2.46 bits per heavy atom. The van der Waals surface area contributed by atoms with E-state index in [-0.39, 0.29) is 5.69 Å². The van der Waals surface area contributed by atoms with Gasteiger partial charge in [0, 0.05) is 18.9 Å². The van der Waals surface area contributed by atoms with Crippen molar-refractivity contribution in [2.24, 2.45) is 5.92 Å². The van der Waals surface area contributed by atoms with Gasteiger partial charge in [0.15, 0.2) is 0 Å². The standard InChI is InChI=1S/C9H14N2OS/c1-2-8(7-13)6-11-5-3-4-10-9(11)12/h3-5,8,13H,2,6-7H2,1H3. The van der Waals surface area contributed by atoms with Crippen LogP contribution in [0.2, 0.25) is 0 Å². The normalized spacial score (nSPS) is 12.8. The lowest BCUT2D eigenvalue weighted by Gasteiger charge is -2.12. The van der Waals surface area contributed by atoms with E-state index in [1.54, 1.807) is 16.8 Å². The van der Waals surface area contributed by atoms with Crippen molar-refractivity contribution in [3.63, 3.8) is 0 Å². The summed E-state index contributed by atoms with van der Waals surface area (Å²) in [5.41, 5.74) is -0.178. The summed E-state index contributed by atoms with van der Waals surface area (Å²) >= 11 is 4.22. The van der Waals surface area contributed by atoms with Crippen LogP contribution < -0.4 is 5.69 Å². The zero-order valence-corrected chi connectivity index (χ0v) is 8.58. The predicted molar refractivity (Wildman–Crippen MR) is 56.1 cm³/mol. The molecule has 0 aliphatic rings. The average molecular weight is 198 g/mol. The highest BCUT2D eigenvalue weighted by Gasteiger charge is 2.05. The number of rotatable bonds is 4. The van der Waals surface area contributed by atoms with Gasteiger partial charge in [0.2, 0.25) is 0 Å². The second kappa shape index (κ2) is 5.07. The van der Waals surface area contributed by atoms with Crippen LogP contribution in [0.1, 0.15) is 13.3 Å². The molecule has 0 amide bonds. The molecule has 72 valence electrons. The molecule has 3 nitrogen and oxygen atoms in total. The minimum atomic E-state index is -0.178. The van der Waals surface area contributed by atoms with Crippen molar-refractivity contribution >= 4 is 12.6 Å². The molecule has 0 aromatic carbocycles. The lowest BCUT2D eigenvalue weighted by atomic mass is 10.1. The summed E-state index contributed by atoms with van der Waals surface area (Å²) in [6.45, 7) is 2.81. The van der Waals surface area contributed by atoms with E-state index in [0.29, 0.717) is 12.5 Å². The summed E-state index contributed by atoms with van der Waals surface area (Å²) in [7, 11) is 0. The van der Waals surface area contributed by atoms with Gasteiger partial charge in [-0.3, -0.25) is 4.57 Å². The van der Waals surface area contributed by atoms with E-state index in [4.69, 9.17) is 0 Å². The highest BCUT2D eigenvalue weighted by molar-refractivity contribution is 7.80. The molecule has 0 fully saturated rings. The van der Waals surface area contributed by atoms with E-state index in [0.717, 1.165) is 12.2 Å². The number of nitrogens with zero attached hydrogens (tertiary/aromatic N) is 2. The molecule has 0 saturated heterocycles. The van der Waals surface area contributed by atoms with Crippen molar-refractivity contribution in [1.82, 2.24) is 9.55 Å². The van der Waals surface area contributed by atoms with Crippen LogP contribution in [0.25, 0.3) is 0 Å². The Morgan fingerprint density at radius 1 is 1.69 bits per heavy atom. The third-order valence-corrected chi connectivity index (χ3v) is 2.59. The van der Waals surface area contributed by atoms with Gasteiger partial charge in [-0.1, -0.05) is 13.3 Å². The fourth-order valence-corrected chi connectivity index (χ4v) is 1.49. The monoisotopic (exact) mass is 198 g/mol. The summed E-state index contributed by atoms with van der Waals surface area (Å²) in [6, 6.07) is 1.77. The van der Waals surface area contributed by atoms with Gasteiger partial charge in [-0.15, -0.1) is 0 Å². The van der Waals surface area contributed by atoms with Crippen LogP contribution in [0.4, 0.5) is 0 Å². The lowest BCUT2D eigenvalue weighted by Crippen LogP contribution is -2.25. The molecule has 0 N–H and O–H groups in total. The first-order valence-corrected chi connectivity index (χ1v) is 5.03. The van der Waals surface area contributed by atoms with Gasteiger partial charge in [0.1, 0.15) is 0 Å². The van der Waals surface area contributed by atoms with Gasteiger partial charge < -0.3 is 0 Å². The zero-order chi connectivity index (χ0) is 9.68. The molecule has 1 atom stereocenters. The smallest absolute Gasteiger partial charge is 0.299 e. The molecule has 1 aromatic heterocycles. The zero-order valence-electron chi connectivity index (χ0n) is 7.68. The van der Waals surface area contributed by atoms with Crippen LogP contribution in [-0.4, -0.2) is 15.3 Å². The van der Waals surface area contributed by atoms with Gasteiger partial charge in [0.05, 0.1) is 0 Å². The predicted octanol–water partition coefficient (Wildman–Crippen LogP) is 1.20. The lowest BCUT2D eigenvalue weighted by molar-refractivity contribution is 0.462. The van der Waals surface area contributed by atoms with Crippen molar-refractivity contribution in [3.05, 3.63) is 28.9 Å². The van der Waals surface area contributed by atoms with Gasteiger partial charge in [-0.05, 0) is 17.7 Å². The van der Waals surface area contributed by atoms with E-state index in [1.165, 1.54) is 6.20 Å². The molecular formula is C9H14N2OS. The first kappa shape index (κ1) is 10.3. The first-order chi connectivity index (χ1) is 6.27. The Kier molecular flexibility index (Phi) is 4.02. The SMILES string of the molecule is CCC(CS)Cn1cccnc1=O. The van der Waals surface area contributed by atoms with Crippen LogP contribution >= 0.6 is 12.6 Å². The molecule has 1 aromatic rings. The Labute approximate surface area is 83.2 Å². The second-order valence-corrected chi connectivity index (χ2v) is 3.38. The van der Waals surface area contributed by atoms with Crippen molar-refractivity contribution in [1.29, 1.82) is 0 Å². The molecule has 1 heterocycles. The second-order valence-electron chi connectivity index (χ2n) is 3.01. The molecule has 1 unspecified atom stereocenters. The summed E-state index contributed by atoms with van der Waals surface area (Å²) in [5, 5.41) is 0. The third-order valence-electron chi connectivity index (χ3n) is 2.07. The van der Waals surface area contributed by atoms with Crippen LogP contribution in [0.3, 0.4) is 0 Å². The molecular weight excluding hydrogens is 184 g/mol. The summed E-state index contributed by atoms with van der Waals surface area (Å²) in [6.07, 6.45) is 4.31. The van der Waals surface area contributed by atoms with Crippen LogP contribution in [0.15, 0.2) is 23.3 Å². The average Bonchev–Trinajstić information content (AvgIpc) is 2.17. The minimum Gasteiger partial charge on any atom is -0.299 e. The molecule has 13 heavy (non-hydrogen) atoms. The van der Waals surface area contributed by atoms with Crippen molar-refractivity contribution < 1.29 is 0 Å². The van der Waals surface area contributed by atoms with Crippen molar-refractivity contribution in [3.8, 4) is 0 Å². The topological polar surface area (TPSA) is 34.9 Å². The van der Waals surface area contributed by atoms with Crippen LogP contribution in [-0.2, 0) is 6.54 Å². The molecule has 0 saturated carbocycles. The molecule has 0 radical (unpaired) electrons. The number of thiol groups is 1.